The summed E-state index contributed by atoms with van der Waals surface area (Å²) in [6.45, 7) is 6.55. The van der Waals surface area contributed by atoms with Crippen molar-refractivity contribution >= 4 is 63.9 Å². The van der Waals surface area contributed by atoms with E-state index in [0.717, 1.165) is 21.6 Å². The minimum Gasteiger partial charge on any atom is -0.444 e. The molecule has 194 valence electrons. The van der Waals surface area contributed by atoms with Crippen LogP contribution in [0.1, 0.15) is 32.8 Å². The number of carbonyl (C=O) groups is 2. The third kappa shape index (κ3) is 5.35. The lowest BCUT2D eigenvalue weighted by molar-refractivity contribution is -0.128. The number of ether oxygens (including phenoxy) is 1. The van der Waals surface area contributed by atoms with E-state index in [-0.39, 0.29) is 24.1 Å². The van der Waals surface area contributed by atoms with Gasteiger partial charge in [-0.1, -0.05) is 41.0 Å². The molecule has 2 saturated heterocycles. The van der Waals surface area contributed by atoms with Crippen molar-refractivity contribution in [2.45, 2.75) is 54.7 Å². The fourth-order valence-electron chi connectivity index (χ4n) is 4.94. The number of fused-ring (bicyclic) bond motifs is 3. The van der Waals surface area contributed by atoms with Gasteiger partial charge in [0.05, 0.1) is 22.1 Å². The van der Waals surface area contributed by atoms with E-state index in [0.29, 0.717) is 28.7 Å². The molecular weight excluding hydrogens is 529 g/mol. The minimum absolute atomic E-state index is 0.00513. The molecule has 1 aromatic heterocycles. The van der Waals surface area contributed by atoms with Crippen LogP contribution < -0.4 is 0 Å². The fourth-order valence-corrected chi connectivity index (χ4v) is 6.42. The molecule has 0 unspecified atom stereocenters. The topological polar surface area (TPSA) is 54.8 Å². The summed E-state index contributed by atoms with van der Waals surface area (Å²) in [6.07, 6.45) is 5.73. The van der Waals surface area contributed by atoms with E-state index in [4.69, 9.17) is 27.9 Å². The SMILES string of the molecule is Cn1ccc2cc(Sc3ccc(C=CC(=O)N4C[C@@H]5C[C@H]4CN5C(=O)OC(C)(C)C)c(Cl)c3Cl)ccc21. The number of rotatable bonds is 4. The smallest absolute Gasteiger partial charge is 0.410 e. The highest BCUT2D eigenvalue weighted by Gasteiger charge is 2.47. The number of hydrogen-bond donors (Lipinski definition) is 0. The van der Waals surface area contributed by atoms with Crippen molar-refractivity contribution in [3.8, 4) is 0 Å². The average molecular weight is 559 g/mol. The summed E-state index contributed by atoms with van der Waals surface area (Å²) in [5.41, 5.74) is 1.31. The summed E-state index contributed by atoms with van der Waals surface area (Å²) < 4.78 is 7.59. The molecule has 2 fully saturated rings. The normalized spacial score (nSPS) is 19.4. The molecule has 3 aromatic rings. The van der Waals surface area contributed by atoms with Gasteiger partial charge in [0.2, 0.25) is 5.91 Å². The average Bonchev–Trinajstić information content (AvgIpc) is 3.55. The van der Waals surface area contributed by atoms with Gasteiger partial charge in [0.1, 0.15) is 5.60 Å². The van der Waals surface area contributed by atoms with Crippen molar-refractivity contribution < 1.29 is 14.3 Å². The third-order valence-electron chi connectivity index (χ3n) is 6.72. The molecule has 0 saturated carbocycles. The standard InChI is InChI=1S/C28H29Cl2N3O3S/c1-28(2,3)36-27(35)33-16-19-14-20(33)15-32(19)24(34)10-6-17-5-9-23(26(30)25(17)29)37-21-7-8-22-18(13-21)11-12-31(22)4/h5-13,19-20H,14-16H2,1-4H3/t19-,20-/m0/s1. The lowest BCUT2D eigenvalue weighted by Gasteiger charge is -2.34. The predicted octanol–water partition coefficient (Wildman–Crippen LogP) is 6.87. The Hall–Kier alpha value is -2.61. The van der Waals surface area contributed by atoms with Gasteiger partial charge in [-0.15, -0.1) is 0 Å². The van der Waals surface area contributed by atoms with Gasteiger partial charge < -0.3 is 19.1 Å². The van der Waals surface area contributed by atoms with Crippen LogP contribution in [0.2, 0.25) is 10.0 Å². The van der Waals surface area contributed by atoms with Crippen LogP contribution in [0.3, 0.4) is 0 Å². The van der Waals surface area contributed by atoms with E-state index < -0.39 is 5.60 Å². The summed E-state index contributed by atoms with van der Waals surface area (Å²) in [6, 6.07) is 12.2. The minimum atomic E-state index is -0.540. The van der Waals surface area contributed by atoms with E-state index in [1.165, 1.54) is 11.6 Å². The first-order valence-electron chi connectivity index (χ1n) is 12.2. The molecule has 0 aliphatic carbocycles. The molecule has 2 amide bonds. The van der Waals surface area contributed by atoms with Gasteiger partial charge in [-0.3, -0.25) is 4.79 Å². The maximum Gasteiger partial charge on any atom is 0.410 e. The van der Waals surface area contributed by atoms with Crippen LogP contribution in [-0.4, -0.2) is 57.1 Å². The molecule has 0 radical (unpaired) electrons. The van der Waals surface area contributed by atoms with Crippen LogP contribution in [0.25, 0.3) is 17.0 Å². The van der Waals surface area contributed by atoms with Crippen molar-refractivity contribution in [2.75, 3.05) is 13.1 Å². The van der Waals surface area contributed by atoms with Crippen LogP contribution in [0.15, 0.2) is 58.5 Å². The number of benzene rings is 2. The lowest BCUT2D eigenvalue weighted by Crippen LogP contribution is -2.51. The molecule has 37 heavy (non-hydrogen) atoms. The predicted molar refractivity (Wildman–Crippen MR) is 149 cm³/mol. The summed E-state index contributed by atoms with van der Waals surface area (Å²) in [7, 11) is 2.02. The summed E-state index contributed by atoms with van der Waals surface area (Å²) in [5, 5.41) is 2.04. The van der Waals surface area contributed by atoms with Crippen molar-refractivity contribution in [1.29, 1.82) is 0 Å². The van der Waals surface area contributed by atoms with Crippen LogP contribution >= 0.6 is 35.0 Å². The van der Waals surface area contributed by atoms with Crippen LogP contribution in [0.5, 0.6) is 0 Å². The van der Waals surface area contributed by atoms with Crippen LogP contribution in [0, 0.1) is 0 Å². The Morgan fingerprint density at radius 2 is 1.76 bits per heavy atom. The molecule has 6 nitrogen and oxygen atoms in total. The zero-order chi connectivity index (χ0) is 26.5. The second kappa shape index (κ2) is 9.93. The Balaban J connectivity index is 1.23. The molecule has 2 atom stereocenters. The zero-order valence-electron chi connectivity index (χ0n) is 21.2. The van der Waals surface area contributed by atoms with Crippen molar-refractivity contribution in [2.24, 2.45) is 7.05 Å². The molecule has 0 spiro atoms. The van der Waals surface area contributed by atoms with Gasteiger partial charge in [-0.05, 0) is 69.2 Å². The summed E-state index contributed by atoms with van der Waals surface area (Å²) >= 11 is 14.8. The number of halogens is 2. The number of carbonyl (C=O) groups excluding carboxylic acids is 2. The van der Waals surface area contributed by atoms with Gasteiger partial charge in [-0.2, -0.15) is 0 Å². The second-order valence-electron chi connectivity index (χ2n) is 10.5. The molecule has 3 heterocycles. The highest BCUT2D eigenvalue weighted by atomic mass is 35.5. The van der Waals surface area contributed by atoms with Gasteiger partial charge in [0.15, 0.2) is 0 Å². The third-order valence-corrected chi connectivity index (χ3v) is 8.78. The van der Waals surface area contributed by atoms with E-state index in [9.17, 15) is 9.59 Å². The highest BCUT2D eigenvalue weighted by Crippen LogP contribution is 2.40. The second-order valence-corrected chi connectivity index (χ2v) is 12.4. The molecule has 9 heteroatoms. The fraction of sp³-hybridized carbons (Fsp3) is 0.357. The Labute approximate surface area is 231 Å². The maximum atomic E-state index is 12.9. The van der Waals surface area contributed by atoms with Crippen molar-refractivity contribution in [1.82, 2.24) is 14.4 Å². The van der Waals surface area contributed by atoms with Crippen LogP contribution in [0.4, 0.5) is 4.79 Å². The first kappa shape index (κ1) is 26.0. The zero-order valence-corrected chi connectivity index (χ0v) is 23.5. The highest BCUT2D eigenvalue weighted by molar-refractivity contribution is 7.99. The van der Waals surface area contributed by atoms with Crippen molar-refractivity contribution in [3.05, 3.63) is 64.3 Å². The number of nitrogens with zero attached hydrogens (tertiary/aromatic N) is 3. The van der Waals surface area contributed by atoms with E-state index in [1.54, 1.807) is 22.7 Å². The van der Waals surface area contributed by atoms with Crippen LogP contribution in [-0.2, 0) is 16.6 Å². The molecule has 5 rings (SSSR count). The lowest BCUT2D eigenvalue weighted by atomic mass is 10.2. The Kier molecular flexibility index (Phi) is 6.98. The quantitative estimate of drug-likeness (QED) is 0.328. The largest absolute Gasteiger partial charge is 0.444 e. The molecule has 0 N–H and O–H groups in total. The summed E-state index contributed by atoms with van der Waals surface area (Å²) in [4.78, 5) is 30.9. The molecular formula is C28H29Cl2N3O3S. The molecule has 2 aliphatic rings. The number of aromatic nitrogens is 1. The molecule has 2 bridgehead atoms. The molecule has 2 aliphatic heterocycles. The van der Waals surface area contributed by atoms with Crippen molar-refractivity contribution in [3.63, 3.8) is 0 Å². The van der Waals surface area contributed by atoms with E-state index in [1.807, 2.05) is 51.0 Å². The number of aryl methyl sites for hydroxylation is 1. The van der Waals surface area contributed by atoms with E-state index >= 15 is 0 Å². The van der Waals surface area contributed by atoms with Gasteiger partial charge in [0, 0.05) is 53.1 Å². The Morgan fingerprint density at radius 1 is 1.03 bits per heavy atom. The first-order valence-corrected chi connectivity index (χ1v) is 13.8. The monoisotopic (exact) mass is 557 g/mol. The Bertz CT molecular complexity index is 1410. The number of likely N-dealkylation sites (tertiary alicyclic amines) is 2. The van der Waals surface area contributed by atoms with Gasteiger partial charge >= 0.3 is 6.09 Å². The summed E-state index contributed by atoms with van der Waals surface area (Å²) in [5.74, 6) is -0.0989. The van der Waals surface area contributed by atoms with Gasteiger partial charge in [-0.25, -0.2) is 4.79 Å². The first-order chi connectivity index (χ1) is 17.5. The van der Waals surface area contributed by atoms with E-state index in [2.05, 4.69) is 28.8 Å². The maximum absolute atomic E-state index is 12.9. The Morgan fingerprint density at radius 3 is 2.46 bits per heavy atom. The number of amides is 2. The van der Waals surface area contributed by atoms with Gasteiger partial charge in [0.25, 0.3) is 0 Å². The molecule has 2 aromatic carbocycles. The number of piperazine rings is 1. The number of hydrogen-bond acceptors (Lipinski definition) is 4.